The van der Waals surface area contributed by atoms with Gasteiger partial charge in [0.1, 0.15) is 5.75 Å². The van der Waals surface area contributed by atoms with Gasteiger partial charge in [-0.2, -0.15) is 0 Å². The summed E-state index contributed by atoms with van der Waals surface area (Å²) in [5.41, 5.74) is 3.38. The van der Waals surface area contributed by atoms with Crippen LogP contribution in [-0.4, -0.2) is 23.2 Å². The number of aryl methyl sites for hydroxylation is 2. The summed E-state index contributed by atoms with van der Waals surface area (Å²) in [4.78, 5) is 12.3. The van der Waals surface area contributed by atoms with Crippen molar-refractivity contribution in [2.75, 3.05) is 12.4 Å². The first-order valence-electron chi connectivity index (χ1n) is 7.44. The first-order chi connectivity index (χ1) is 11.6. The maximum Gasteiger partial charge on any atom is 0.322 e. The predicted molar refractivity (Wildman–Crippen MR) is 90.2 cm³/mol. The molecule has 6 heteroatoms. The molecule has 3 rings (SSSR count). The Morgan fingerprint density at radius 1 is 1.08 bits per heavy atom. The molecule has 0 fully saturated rings. The van der Waals surface area contributed by atoms with E-state index in [4.69, 9.17) is 9.15 Å². The molecule has 0 aliphatic carbocycles. The third kappa shape index (κ3) is 3.12. The largest absolute Gasteiger partial charge is 0.496 e. The van der Waals surface area contributed by atoms with Gasteiger partial charge in [-0.25, -0.2) is 0 Å². The van der Waals surface area contributed by atoms with Crippen LogP contribution < -0.4 is 10.1 Å². The van der Waals surface area contributed by atoms with Crippen LogP contribution in [0.4, 0.5) is 6.01 Å². The van der Waals surface area contributed by atoms with Gasteiger partial charge in [0.25, 0.3) is 11.8 Å². The highest BCUT2D eigenvalue weighted by atomic mass is 16.5. The topological polar surface area (TPSA) is 77.3 Å². The summed E-state index contributed by atoms with van der Waals surface area (Å²) in [6.07, 6.45) is 0. The van der Waals surface area contributed by atoms with Crippen molar-refractivity contribution >= 4 is 11.9 Å². The Morgan fingerprint density at radius 2 is 1.88 bits per heavy atom. The minimum absolute atomic E-state index is 0.0409. The lowest BCUT2D eigenvalue weighted by Crippen LogP contribution is -2.12. The average molecular weight is 323 g/mol. The van der Waals surface area contributed by atoms with Crippen LogP contribution in [0.3, 0.4) is 0 Å². The quantitative estimate of drug-likeness (QED) is 0.793. The number of para-hydroxylation sites is 1. The van der Waals surface area contributed by atoms with Gasteiger partial charge in [0.15, 0.2) is 0 Å². The second-order valence-electron chi connectivity index (χ2n) is 5.37. The van der Waals surface area contributed by atoms with E-state index in [9.17, 15) is 4.79 Å². The molecular formula is C18H17N3O3. The van der Waals surface area contributed by atoms with Gasteiger partial charge in [-0.05, 0) is 49.2 Å². The molecule has 2 aromatic carbocycles. The number of carbonyl (C=O) groups is 1. The molecule has 1 heterocycles. The van der Waals surface area contributed by atoms with E-state index < -0.39 is 0 Å². The molecule has 0 radical (unpaired) electrons. The highest BCUT2D eigenvalue weighted by Crippen LogP contribution is 2.29. The molecule has 1 aromatic heterocycles. The van der Waals surface area contributed by atoms with Crippen molar-refractivity contribution < 1.29 is 13.9 Å². The number of ether oxygens (including phenoxy) is 1. The van der Waals surface area contributed by atoms with Crippen LogP contribution in [0.1, 0.15) is 21.5 Å². The Labute approximate surface area is 139 Å². The SMILES string of the molecule is COc1ccccc1-c1nnc(NC(=O)c2ccc(C)c(C)c2)o1. The molecule has 1 N–H and O–H groups in total. The maximum atomic E-state index is 12.3. The van der Waals surface area contributed by atoms with Crippen molar-refractivity contribution in [3.8, 4) is 17.2 Å². The summed E-state index contributed by atoms with van der Waals surface area (Å²) < 4.78 is 10.8. The van der Waals surface area contributed by atoms with Gasteiger partial charge in [0, 0.05) is 5.56 Å². The minimum atomic E-state index is -0.298. The lowest BCUT2D eigenvalue weighted by Gasteiger charge is -2.04. The molecule has 0 aliphatic heterocycles. The number of anilines is 1. The van der Waals surface area contributed by atoms with Crippen LogP contribution in [0, 0.1) is 13.8 Å². The summed E-state index contributed by atoms with van der Waals surface area (Å²) in [6, 6.07) is 12.8. The molecule has 0 unspecified atom stereocenters. The molecule has 0 aliphatic rings. The Morgan fingerprint density at radius 3 is 2.62 bits per heavy atom. The van der Waals surface area contributed by atoms with Gasteiger partial charge in [0.2, 0.25) is 0 Å². The van der Waals surface area contributed by atoms with Crippen molar-refractivity contribution in [3.63, 3.8) is 0 Å². The number of amides is 1. The molecule has 0 spiro atoms. The van der Waals surface area contributed by atoms with Gasteiger partial charge >= 0.3 is 6.01 Å². The molecule has 0 atom stereocenters. The maximum absolute atomic E-state index is 12.3. The molecule has 1 amide bonds. The normalized spacial score (nSPS) is 10.5. The molecule has 0 saturated carbocycles. The highest BCUT2D eigenvalue weighted by Gasteiger charge is 2.15. The zero-order chi connectivity index (χ0) is 17.1. The Kier molecular flexibility index (Phi) is 4.29. The molecule has 0 saturated heterocycles. The van der Waals surface area contributed by atoms with E-state index in [0.717, 1.165) is 11.1 Å². The number of nitrogens with zero attached hydrogens (tertiary/aromatic N) is 2. The summed E-state index contributed by atoms with van der Waals surface area (Å²) in [7, 11) is 1.57. The second-order valence-corrected chi connectivity index (χ2v) is 5.37. The first kappa shape index (κ1) is 15.7. The van der Waals surface area contributed by atoms with Crippen LogP contribution in [0.5, 0.6) is 5.75 Å². The Hall–Kier alpha value is -3.15. The van der Waals surface area contributed by atoms with E-state index in [2.05, 4.69) is 15.5 Å². The molecule has 0 bridgehead atoms. The Balaban J connectivity index is 1.81. The fourth-order valence-corrected chi connectivity index (χ4v) is 2.26. The molecule has 3 aromatic rings. The van der Waals surface area contributed by atoms with Gasteiger partial charge in [-0.3, -0.25) is 10.1 Å². The van der Waals surface area contributed by atoms with E-state index in [-0.39, 0.29) is 17.8 Å². The third-order valence-electron chi connectivity index (χ3n) is 3.75. The van der Waals surface area contributed by atoms with Crippen LogP contribution in [0.15, 0.2) is 46.9 Å². The van der Waals surface area contributed by atoms with E-state index in [1.165, 1.54) is 0 Å². The van der Waals surface area contributed by atoms with Gasteiger partial charge in [-0.1, -0.05) is 23.3 Å². The standard InChI is InChI=1S/C18H17N3O3/c1-11-8-9-13(10-12(11)2)16(22)19-18-21-20-17(24-18)14-6-4-5-7-15(14)23-3/h4-10H,1-3H3,(H,19,21,22). The number of rotatable bonds is 4. The van der Waals surface area contributed by atoms with Gasteiger partial charge in [0.05, 0.1) is 12.7 Å². The van der Waals surface area contributed by atoms with Crippen molar-refractivity contribution in [2.45, 2.75) is 13.8 Å². The zero-order valence-corrected chi connectivity index (χ0v) is 13.7. The summed E-state index contributed by atoms with van der Waals surface area (Å²) in [5.74, 6) is 0.601. The van der Waals surface area contributed by atoms with Crippen LogP contribution in [0.25, 0.3) is 11.5 Å². The number of nitrogens with one attached hydrogen (secondary N) is 1. The fraction of sp³-hybridized carbons (Fsp3) is 0.167. The van der Waals surface area contributed by atoms with Crippen LogP contribution >= 0.6 is 0 Å². The van der Waals surface area contributed by atoms with Gasteiger partial charge in [-0.15, -0.1) is 5.10 Å². The molecular weight excluding hydrogens is 306 g/mol. The number of aromatic nitrogens is 2. The number of hydrogen-bond donors (Lipinski definition) is 1. The summed E-state index contributed by atoms with van der Waals surface area (Å²) in [6.45, 7) is 3.95. The van der Waals surface area contributed by atoms with E-state index in [1.54, 1.807) is 25.3 Å². The minimum Gasteiger partial charge on any atom is -0.496 e. The highest BCUT2D eigenvalue weighted by molar-refractivity contribution is 6.03. The Bertz CT molecular complexity index is 887. The first-order valence-corrected chi connectivity index (χ1v) is 7.44. The van der Waals surface area contributed by atoms with Crippen LogP contribution in [0.2, 0.25) is 0 Å². The molecule has 24 heavy (non-hydrogen) atoms. The lowest BCUT2D eigenvalue weighted by atomic mass is 10.1. The lowest BCUT2D eigenvalue weighted by molar-refractivity contribution is 0.102. The number of carbonyl (C=O) groups excluding carboxylic acids is 1. The van der Waals surface area contributed by atoms with E-state index in [0.29, 0.717) is 16.9 Å². The summed E-state index contributed by atoms with van der Waals surface area (Å²) in [5, 5.41) is 10.4. The average Bonchev–Trinajstić information content (AvgIpc) is 3.05. The second kappa shape index (κ2) is 6.54. The zero-order valence-electron chi connectivity index (χ0n) is 13.7. The monoisotopic (exact) mass is 323 g/mol. The van der Waals surface area contributed by atoms with Crippen LogP contribution in [-0.2, 0) is 0 Å². The van der Waals surface area contributed by atoms with Crippen molar-refractivity contribution in [1.29, 1.82) is 0 Å². The summed E-state index contributed by atoms with van der Waals surface area (Å²) >= 11 is 0. The molecule has 6 nitrogen and oxygen atoms in total. The molecule has 122 valence electrons. The third-order valence-corrected chi connectivity index (χ3v) is 3.75. The van der Waals surface area contributed by atoms with Gasteiger partial charge < -0.3 is 9.15 Å². The van der Waals surface area contributed by atoms with E-state index in [1.807, 2.05) is 38.1 Å². The predicted octanol–water partition coefficient (Wildman–Crippen LogP) is 3.61. The smallest absolute Gasteiger partial charge is 0.322 e. The number of methoxy groups -OCH3 is 1. The fourth-order valence-electron chi connectivity index (χ4n) is 2.26. The van der Waals surface area contributed by atoms with Crippen molar-refractivity contribution in [1.82, 2.24) is 10.2 Å². The number of benzene rings is 2. The van der Waals surface area contributed by atoms with Crippen molar-refractivity contribution in [3.05, 3.63) is 59.2 Å². The van der Waals surface area contributed by atoms with E-state index >= 15 is 0 Å². The van der Waals surface area contributed by atoms with Crippen molar-refractivity contribution in [2.24, 2.45) is 0 Å². The number of hydrogen-bond acceptors (Lipinski definition) is 5.